The van der Waals surface area contributed by atoms with Crippen LogP contribution in [0.25, 0.3) is 10.9 Å². The largest absolute Gasteiger partial charge is 0.358 e. The first-order valence-corrected chi connectivity index (χ1v) is 6.17. The van der Waals surface area contributed by atoms with E-state index in [1.54, 1.807) is 0 Å². The Labute approximate surface area is 100 Å². The van der Waals surface area contributed by atoms with Crippen LogP contribution in [-0.4, -0.2) is 28.9 Å². The van der Waals surface area contributed by atoms with Crippen LogP contribution in [0.5, 0.6) is 0 Å². The third-order valence-electron chi connectivity index (χ3n) is 3.39. The lowest BCUT2D eigenvalue weighted by molar-refractivity contribution is -0.129. The fourth-order valence-electron chi connectivity index (χ4n) is 2.47. The Balaban J connectivity index is 1.77. The van der Waals surface area contributed by atoms with Crippen LogP contribution in [0, 0.1) is 0 Å². The summed E-state index contributed by atoms with van der Waals surface area (Å²) in [6.45, 7) is 1.86. The molecule has 1 aliphatic heterocycles. The van der Waals surface area contributed by atoms with Crippen molar-refractivity contribution in [1.82, 2.24) is 9.88 Å². The van der Waals surface area contributed by atoms with E-state index in [1.807, 2.05) is 23.1 Å². The van der Waals surface area contributed by atoms with Crippen LogP contribution >= 0.6 is 0 Å². The molecule has 17 heavy (non-hydrogen) atoms. The van der Waals surface area contributed by atoms with Crippen molar-refractivity contribution in [1.29, 1.82) is 0 Å². The number of amides is 1. The van der Waals surface area contributed by atoms with E-state index in [4.69, 9.17) is 0 Å². The van der Waals surface area contributed by atoms with Crippen LogP contribution in [-0.2, 0) is 11.2 Å². The molecule has 0 atom stereocenters. The van der Waals surface area contributed by atoms with Crippen molar-refractivity contribution in [2.75, 3.05) is 13.1 Å². The van der Waals surface area contributed by atoms with Crippen molar-refractivity contribution < 1.29 is 4.79 Å². The van der Waals surface area contributed by atoms with Gasteiger partial charge >= 0.3 is 0 Å². The summed E-state index contributed by atoms with van der Waals surface area (Å²) in [5, 5.41) is 1.18. The van der Waals surface area contributed by atoms with Gasteiger partial charge < -0.3 is 9.88 Å². The lowest BCUT2D eigenvalue weighted by atomic mass is 10.2. The Morgan fingerprint density at radius 2 is 2.00 bits per heavy atom. The lowest BCUT2D eigenvalue weighted by Crippen LogP contribution is -2.29. The highest BCUT2D eigenvalue weighted by molar-refractivity contribution is 5.84. The quantitative estimate of drug-likeness (QED) is 0.841. The number of para-hydroxylation sites is 1. The number of carbonyl (C=O) groups excluding carboxylic acids is 1. The third kappa shape index (κ3) is 2.05. The molecular formula is C14H16N2O. The molecule has 3 heteroatoms. The molecule has 1 aliphatic rings. The van der Waals surface area contributed by atoms with Crippen LogP contribution in [0.1, 0.15) is 18.5 Å². The second-order valence-electron chi connectivity index (χ2n) is 4.65. The van der Waals surface area contributed by atoms with Gasteiger partial charge in [-0.05, 0) is 30.4 Å². The van der Waals surface area contributed by atoms with Crippen molar-refractivity contribution in [3.8, 4) is 0 Å². The molecule has 88 valence electrons. The van der Waals surface area contributed by atoms with Crippen molar-refractivity contribution in [2.45, 2.75) is 19.3 Å². The highest BCUT2D eigenvalue weighted by atomic mass is 16.2. The second kappa shape index (κ2) is 4.24. The summed E-state index contributed by atoms with van der Waals surface area (Å²) in [5.41, 5.74) is 2.12. The van der Waals surface area contributed by atoms with E-state index in [1.165, 1.54) is 5.39 Å². The van der Waals surface area contributed by atoms with E-state index in [0.717, 1.165) is 37.1 Å². The molecule has 0 radical (unpaired) electrons. The SMILES string of the molecule is O=C(Cc1cc2ccccc2[nH]1)N1CCCC1. The first-order chi connectivity index (χ1) is 8.33. The Hall–Kier alpha value is -1.77. The topological polar surface area (TPSA) is 36.1 Å². The summed E-state index contributed by atoms with van der Waals surface area (Å²) in [4.78, 5) is 17.3. The molecule has 0 saturated carbocycles. The van der Waals surface area contributed by atoms with Gasteiger partial charge in [-0.25, -0.2) is 0 Å². The zero-order valence-corrected chi connectivity index (χ0v) is 9.78. The van der Waals surface area contributed by atoms with E-state index >= 15 is 0 Å². The number of nitrogens with zero attached hydrogens (tertiary/aromatic N) is 1. The third-order valence-corrected chi connectivity index (χ3v) is 3.39. The van der Waals surface area contributed by atoms with Gasteiger partial charge in [0.25, 0.3) is 0 Å². The zero-order chi connectivity index (χ0) is 11.7. The summed E-state index contributed by atoms with van der Waals surface area (Å²) in [6, 6.07) is 10.2. The van der Waals surface area contributed by atoms with E-state index in [9.17, 15) is 4.79 Å². The molecule has 1 fully saturated rings. The maximum absolute atomic E-state index is 12.0. The van der Waals surface area contributed by atoms with Gasteiger partial charge in [0.2, 0.25) is 5.91 Å². The molecule has 1 N–H and O–H groups in total. The van der Waals surface area contributed by atoms with Crippen LogP contribution < -0.4 is 0 Å². The Morgan fingerprint density at radius 1 is 1.24 bits per heavy atom. The lowest BCUT2D eigenvalue weighted by Gasteiger charge is -2.14. The number of H-pyrrole nitrogens is 1. The van der Waals surface area contributed by atoms with E-state index in [-0.39, 0.29) is 5.91 Å². The average molecular weight is 228 g/mol. The number of carbonyl (C=O) groups is 1. The van der Waals surface area contributed by atoms with Gasteiger partial charge in [0.05, 0.1) is 6.42 Å². The summed E-state index contributed by atoms with van der Waals surface area (Å²) >= 11 is 0. The summed E-state index contributed by atoms with van der Waals surface area (Å²) in [6.07, 6.45) is 2.80. The van der Waals surface area contributed by atoms with E-state index < -0.39 is 0 Å². The van der Waals surface area contributed by atoms with Crippen LogP contribution in [0.4, 0.5) is 0 Å². The Kier molecular flexibility index (Phi) is 2.59. The molecule has 0 aliphatic carbocycles. The van der Waals surface area contributed by atoms with Gasteiger partial charge in [0.15, 0.2) is 0 Å². The molecule has 0 unspecified atom stereocenters. The number of benzene rings is 1. The first kappa shape index (κ1) is 10.4. The summed E-state index contributed by atoms with van der Waals surface area (Å²) in [5.74, 6) is 0.244. The predicted molar refractivity (Wildman–Crippen MR) is 67.8 cm³/mol. The Bertz CT molecular complexity index is 505. The zero-order valence-electron chi connectivity index (χ0n) is 9.78. The van der Waals surface area contributed by atoms with Gasteiger partial charge in [0.1, 0.15) is 0 Å². The minimum atomic E-state index is 0.244. The number of hydrogen-bond acceptors (Lipinski definition) is 1. The highest BCUT2D eigenvalue weighted by Crippen LogP contribution is 2.16. The molecular weight excluding hydrogens is 212 g/mol. The first-order valence-electron chi connectivity index (χ1n) is 6.17. The van der Waals surface area contributed by atoms with Crippen molar-refractivity contribution in [2.24, 2.45) is 0 Å². The van der Waals surface area contributed by atoms with Gasteiger partial charge in [-0.15, -0.1) is 0 Å². The fraction of sp³-hybridized carbons (Fsp3) is 0.357. The van der Waals surface area contributed by atoms with Crippen LogP contribution in [0.2, 0.25) is 0 Å². The molecule has 3 nitrogen and oxygen atoms in total. The monoisotopic (exact) mass is 228 g/mol. The highest BCUT2D eigenvalue weighted by Gasteiger charge is 2.18. The van der Waals surface area contributed by atoms with Gasteiger partial charge in [-0.3, -0.25) is 4.79 Å². The fourth-order valence-corrected chi connectivity index (χ4v) is 2.47. The number of aromatic nitrogens is 1. The summed E-state index contributed by atoms with van der Waals surface area (Å²) in [7, 11) is 0. The standard InChI is InChI=1S/C14H16N2O/c17-14(16-7-3-4-8-16)10-12-9-11-5-1-2-6-13(11)15-12/h1-2,5-6,9,15H,3-4,7-8,10H2. The maximum Gasteiger partial charge on any atom is 0.228 e. The number of likely N-dealkylation sites (tertiary alicyclic amines) is 1. The van der Waals surface area contributed by atoms with Crippen molar-refractivity contribution in [3.05, 3.63) is 36.0 Å². The van der Waals surface area contributed by atoms with E-state index in [0.29, 0.717) is 6.42 Å². The van der Waals surface area contributed by atoms with Crippen molar-refractivity contribution in [3.63, 3.8) is 0 Å². The molecule has 1 amide bonds. The number of nitrogens with one attached hydrogen (secondary N) is 1. The van der Waals surface area contributed by atoms with Crippen LogP contribution in [0.15, 0.2) is 30.3 Å². The normalized spacial score (nSPS) is 15.6. The Morgan fingerprint density at radius 3 is 2.76 bits per heavy atom. The minimum Gasteiger partial charge on any atom is -0.358 e. The molecule has 0 spiro atoms. The van der Waals surface area contributed by atoms with E-state index in [2.05, 4.69) is 17.1 Å². The molecule has 1 aromatic heterocycles. The van der Waals surface area contributed by atoms with Crippen LogP contribution in [0.3, 0.4) is 0 Å². The number of hydrogen-bond donors (Lipinski definition) is 1. The molecule has 2 heterocycles. The minimum absolute atomic E-state index is 0.244. The summed E-state index contributed by atoms with van der Waals surface area (Å²) < 4.78 is 0. The van der Waals surface area contributed by atoms with Gasteiger partial charge in [-0.1, -0.05) is 18.2 Å². The molecule has 2 aromatic rings. The van der Waals surface area contributed by atoms with Gasteiger partial charge in [0, 0.05) is 24.3 Å². The van der Waals surface area contributed by atoms with Crippen molar-refractivity contribution >= 4 is 16.8 Å². The number of fused-ring (bicyclic) bond motifs is 1. The predicted octanol–water partition coefficient (Wildman–Crippen LogP) is 2.33. The molecule has 0 bridgehead atoms. The molecule has 1 saturated heterocycles. The number of aromatic amines is 1. The second-order valence-corrected chi connectivity index (χ2v) is 4.65. The molecule has 3 rings (SSSR count). The average Bonchev–Trinajstić information content (AvgIpc) is 2.97. The smallest absolute Gasteiger partial charge is 0.228 e. The van der Waals surface area contributed by atoms with Gasteiger partial charge in [-0.2, -0.15) is 0 Å². The number of rotatable bonds is 2. The maximum atomic E-state index is 12.0. The molecule has 1 aromatic carbocycles.